The van der Waals surface area contributed by atoms with Gasteiger partial charge in [-0.05, 0) is 34.0 Å². The molecular weight excluding hydrogens is 349 g/mol. The van der Waals surface area contributed by atoms with Crippen molar-refractivity contribution in [2.24, 2.45) is 0 Å². The van der Waals surface area contributed by atoms with Crippen LogP contribution in [0.4, 0.5) is 0 Å². The predicted molar refractivity (Wildman–Crippen MR) is 88.5 cm³/mol. The summed E-state index contributed by atoms with van der Waals surface area (Å²) in [4.78, 5) is 6.87. The topological polar surface area (TPSA) is 28.2 Å². The number of nitrogens with zero attached hydrogens (tertiary/aromatic N) is 2. The molecule has 0 saturated carbocycles. The van der Waals surface area contributed by atoms with E-state index in [1.54, 1.807) is 0 Å². The lowest BCUT2D eigenvalue weighted by Crippen LogP contribution is -2.45. The Morgan fingerprint density at radius 1 is 1.32 bits per heavy atom. The number of piperazine rings is 1. The van der Waals surface area contributed by atoms with E-state index in [2.05, 4.69) is 44.1 Å². The van der Waals surface area contributed by atoms with Gasteiger partial charge in [0.15, 0.2) is 0 Å². The summed E-state index contributed by atoms with van der Waals surface area (Å²) < 4.78 is 1.08. The molecule has 0 spiro atoms. The number of rotatable bonds is 4. The fraction of sp³-hybridized carbons (Fsp3) is 0.615. The summed E-state index contributed by atoms with van der Waals surface area (Å²) in [6, 6.07) is 2.72. The van der Waals surface area contributed by atoms with Gasteiger partial charge in [-0.3, -0.25) is 9.88 Å². The van der Waals surface area contributed by atoms with Gasteiger partial charge in [0.05, 0.1) is 0 Å². The maximum atomic E-state index is 4.29. The zero-order chi connectivity index (χ0) is 12.1. The molecule has 3 nitrogen and oxygen atoms in total. The van der Waals surface area contributed by atoms with Crippen molar-refractivity contribution in [2.45, 2.75) is 25.8 Å². The molecule has 1 aromatic heterocycles. The molecule has 1 aliphatic rings. The second-order valence-corrected chi connectivity index (χ2v) is 5.44. The first kappa shape index (κ1) is 19.1. The number of hydrogen-bond acceptors (Lipinski definition) is 3. The van der Waals surface area contributed by atoms with Crippen molar-refractivity contribution in [3.05, 3.63) is 28.5 Å². The van der Waals surface area contributed by atoms with Crippen LogP contribution < -0.4 is 5.32 Å². The Morgan fingerprint density at radius 3 is 2.58 bits per heavy atom. The monoisotopic (exact) mass is 369 g/mol. The molecule has 0 unspecified atom stereocenters. The highest BCUT2D eigenvalue weighted by Gasteiger charge is 2.21. The summed E-state index contributed by atoms with van der Waals surface area (Å²) in [5, 5.41) is 3.41. The van der Waals surface area contributed by atoms with Crippen LogP contribution in [0.15, 0.2) is 22.9 Å². The minimum Gasteiger partial charge on any atom is -0.314 e. The minimum absolute atomic E-state index is 0. The van der Waals surface area contributed by atoms with Gasteiger partial charge >= 0.3 is 0 Å². The van der Waals surface area contributed by atoms with Crippen molar-refractivity contribution in [3.63, 3.8) is 0 Å². The summed E-state index contributed by atoms with van der Waals surface area (Å²) in [6.45, 7) is 6.72. The van der Waals surface area contributed by atoms with Gasteiger partial charge in [0.1, 0.15) is 0 Å². The van der Waals surface area contributed by atoms with Crippen LogP contribution in [-0.4, -0.2) is 36.1 Å². The van der Waals surface area contributed by atoms with Gasteiger partial charge in [-0.2, -0.15) is 0 Å². The Kier molecular flexibility index (Phi) is 10.0. The van der Waals surface area contributed by atoms with E-state index in [9.17, 15) is 0 Å². The molecule has 0 amide bonds. The van der Waals surface area contributed by atoms with Gasteiger partial charge in [-0.25, -0.2) is 0 Å². The van der Waals surface area contributed by atoms with Crippen LogP contribution in [0.3, 0.4) is 0 Å². The Labute approximate surface area is 136 Å². The molecule has 0 radical (unpaired) electrons. The zero-order valence-corrected chi connectivity index (χ0v) is 14.4. The van der Waals surface area contributed by atoms with Crippen LogP contribution in [-0.2, 0) is 0 Å². The van der Waals surface area contributed by atoms with E-state index in [4.69, 9.17) is 0 Å². The molecule has 2 rings (SSSR count). The largest absolute Gasteiger partial charge is 0.314 e. The Balaban J connectivity index is 0.00000162. The number of pyridine rings is 1. The summed E-state index contributed by atoms with van der Waals surface area (Å²) in [5.74, 6) is 0. The second-order valence-electron chi connectivity index (χ2n) is 4.53. The van der Waals surface area contributed by atoms with E-state index in [1.807, 2.05) is 12.4 Å². The van der Waals surface area contributed by atoms with E-state index in [0.29, 0.717) is 6.04 Å². The summed E-state index contributed by atoms with van der Waals surface area (Å²) in [6.07, 6.45) is 6.27. The lowest BCUT2D eigenvalue weighted by Gasteiger charge is -2.35. The molecule has 0 bridgehead atoms. The Hall–Kier alpha value is 0.130. The normalized spacial score (nSPS) is 17.2. The average molecular weight is 371 g/mol. The lowest BCUT2D eigenvalue weighted by molar-refractivity contribution is 0.164. The fourth-order valence-corrected chi connectivity index (χ4v) is 2.82. The van der Waals surface area contributed by atoms with Gasteiger partial charge in [-0.1, -0.05) is 13.3 Å². The SMILES string of the molecule is CCC[C@H](c1cncc(Br)c1)N1CCNCC1.Cl.Cl. The minimum atomic E-state index is 0. The third-order valence-corrected chi connectivity index (χ3v) is 3.70. The van der Waals surface area contributed by atoms with Gasteiger partial charge in [0, 0.05) is 49.1 Å². The van der Waals surface area contributed by atoms with Crippen LogP contribution in [0.1, 0.15) is 31.4 Å². The molecule has 2 heterocycles. The van der Waals surface area contributed by atoms with Crippen LogP contribution in [0.25, 0.3) is 0 Å². The van der Waals surface area contributed by atoms with Crippen molar-refractivity contribution in [3.8, 4) is 0 Å². The Morgan fingerprint density at radius 2 is 2.00 bits per heavy atom. The fourth-order valence-electron chi connectivity index (χ4n) is 2.44. The van der Waals surface area contributed by atoms with Gasteiger partial charge in [0.2, 0.25) is 0 Å². The number of nitrogens with one attached hydrogen (secondary N) is 1. The number of hydrogen-bond donors (Lipinski definition) is 1. The summed E-state index contributed by atoms with van der Waals surface area (Å²) >= 11 is 3.51. The van der Waals surface area contributed by atoms with E-state index in [-0.39, 0.29) is 24.8 Å². The molecule has 1 fully saturated rings. The molecular formula is C13H22BrCl2N3. The van der Waals surface area contributed by atoms with Crippen molar-refractivity contribution in [1.29, 1.82) is 0 Å². The van der Waals surface area contributed by atoms with Crippen molar-refractivity contribution in [2.75, 3.05) is 26.2 Å². The zero-order valence-electron chi connectivity index (χ0n) is 11.1. The van der Waals surface area contributed by atoms with Crippen molar-refractivity contribution in [1.82, 2.24) is 15.2 Å². The first-order valence-corrected chi connectivity index (χ1v) is 7.15. The molecule has 1 aromatic rings. The van der Waals surface area contributed by atoms with Crippen LogP contribution in [0.5, 0.6) is 0 Å². The highest BCUT2D eigenvalue weighted by atomic mass is 79.9. The van der Waals surface area contributed by atoms with Gasteiger partial charge < -0.3 is 5.32 Å². The third kappa shape index (κ3) is 5.56. The van der Waals surface area contributed by atoms with Crippen molar-refractivity contribution >= 4 is 40.7 Å². The molecule has 1 aliphatic heterocycles. The standard InChI is InChI=1S/C13H20BrN3.2ClH/c1-2-3-13(17-6-4-15-5-7-17)11-8-12(14)10-16-9-11;;/h8-10,13,15H,2-7H2,1H3;2*1H/t13-;;/m1../s1. The second kappa shape index (κ2) is 9.94. The summed E-state index contributed by atoms with van der Waals surface area (Å²) in [7, 11) is 0. The quantitative estimate of drug-likeness (QED) is 0.879. The molecule has 0 aromatic carbocycles. The lowest BCUT2D eigenvalue weighted by atomic mass is 10.0. The Bertz CT molecular complexity index is 359. The van der Waals surface area contributed by atoms with Crippen LogP contribution in [0.2, 0.25) is 0 Å². The first-order chi connectivity index (χ1) is 8.31. The van der Waals surface area contributed by atoms with E-state index >= 15 is 0 Å². The highest BCUT2D eigenvalue weighted by Crippen LogP contribution is 2.27. The van der Waals surface area contributed by atoms with E-state index < -0.39 is 0 Å². The maximum Gasteiger partial charge on any atom is 0.0410 e. The van der Waals surface area contributed by atoms with Gasteiger partial charge in [0.25, 0.3) is 0 Å². The predicted octanol–water partition coefficient (Wildman–Crippen LogP) is 3.43. The highest BCUT2D eigenvalue weighted by molar-refractivity contribution is 9.10. The molecule has 1 atom stereocenters. The molecule has 19 heavy (non-hydrogen) atoms. The van der Waals surface area contributed by atoms with E-state index in [1.165, 1.54) is 18.4 Å². The molecule has 0 aliphatic carbocycles. The van der Waals surface area contributed by atoms with Gasteiger partial charge in [-0.15, -0.1) is 24.8 Å². The number of halogens is 3. The third-order valence-electron chi connectivity index (χ3n) is 3.27. The molecule has 6 heteroatoms. The van der Waals surface area contributed by atoms with Crippen LogP contribution >= 0.6 is 40.7 Å². The maximum absolute atomic E-state index is 4.29. The first-order valence-electron chi connectivity index (χ1n) is 6.36. The number of aromatic nitrogens is 1. The molecule has 1 N–H and O–H groups in total. The summed E-state index contributed by atoms with van der Waals surface area (Å²) in [5.41, 5.74) is 1.34. The van der Waals surface area contributed by atoms with Crippen LogP contribution in [0, 0.1) is 0 Å². The molecule has 110 valence electrons. The molecule has 1 saturated heterocycles. The smallest absolute Gasteiger partial charge is 0.0410 e. The average Bonchev–Trinajstić information content (AvgIpc) is 2.37. The van der Waals surface area contributed by atoms with E-state index in [0.717, 1.165) is 30.7 Å². The van der Waals surface area contributed by atoms with Crippen molar-refractivity contribution < 1.29 is 0 Å².